The van der Waals surface area contributed by atoms with Crippen molar-refractivity contribution in [1.29, 1.82) is 5.26 Å². The van der Waals surface area contributed by atoms with Crippen molar-refractivity contribution in [2.45, 2.75) is 74.6 Å². The Labute approximate surface area is 379 Å². The molecule has 0 aromatic heterocycles. The number of carbonyl (C=O) groups is 3. The number of aromatic hydroxyl groups is 1. The van der Waals surface area contributed by atoms with Crippen molar-refractivity contribution in [3.63, 3.8) is 0 Å². The van der Waals surface area contributed by atoms with E-state index in [9.17, 15) is 20.0 Å². The third kappa shape index (κ3) is 6.39. The fourth-order valence-corrected chi connectivity index (χ4v) is 12.8. The fourth-order valence-electron chi connectivity index (χ4n) is 11.1. The van der Waals surface area contributed by atoms with Crippen LogP contribution < -0.4 is 38.5 Å². The Morgan fingerprint density at radius 1 is 0.938 bits per heavy atom. The first kappa shape index (κ1) is 42.7. The van der Waals surface area contributed by atoms with E-state index in [-0.39, 0.29) is 42.4 Å². The maximum absolute atomic E-state index is 15.1. The predicted octanol–water partition coefficient (Wildman–Crippen LogP) is 5.51. The summed E-state index contributed by atoms with van der Waals surface area (Å²) in [6.45, 7) is 5.13. The second-order valence-corrected chi connectivity index (χ2v) is 18.3. The third-order valence-corrected chi connectivity index (χ3v) is 15.4. The molecule has 0 aliphatic carbocycles. The van der Waals surface area contributed by atoms with Gasteiger partial charge in [-0.05, 0) is 92.4 Å². The number of nitrogens with one attached hydrogen (secondary N) is 1. The molecular weight excluding hydrogens is 857 g/mol. The number of aryl methyl sites for hydroxylation is 1. The zero-order valence-electron chi connectivity index (χ0n) is 36.9. The molecule has 7 aliphatic rings. The molecule has 65 heavy (non-hydrogen) atoms. The van der Waals surface area contributed by atoms with E-state index < -0.39 is 52.9 Å². The zero-order chi connectivity index (χ0) is 45.6. The minimum atomic E-state index is -1.45. The third-order valence-electron chi connectivity index (χ3n) is 13.9. The summed E-state index contributed by atoms with van der Waals surface area (Å²) < 4.78 is 47.9. The Morgan fingerprint density at radius 2 is 1.71 bits per heavy atom. The monoisotopic (exact) mass is 904 g/mol. The second-order valence-electron chi connectivity index (χ2n) is 17.2. The van der Waals surface area contributed by atoms with Gasteiger partial charge in [0.15, 0.2) is 40.0 Å². The maximum Gasteiger partial charge on any atom is 0.343 e. The van der Waals surface area contributed by atoms with Gasteiger partial charge in [0.05, 0.1) is 50.3 Å². The Kier molecular flexibility index (Phi) is 10.6. The molecule has 1 spiro atoms. The SMILES string of the molecule is COc1ccc(C(=O)Oc2cc3c(cc2OC)[C@@]2(CS[C@@H]4c5c(OC(C)=O)c(C)c6c(c5[C@H](COC2=O)N2[C@@H]4[C@H]4c5c(cc(C)c(OC)c5O)C[C@@H]([C@@H]2C#N)N4C)OCO6)NCC3)cc1. The van der Waals surface area contributed by atoms with Gasteiger partial charge in [-0.25, -0.2) is 9.59 Å². The molecule has 7 atom stereocenters. The van der Waals surface area contributed by atoms with Crippen molar-refractivity contribution in [2.24, 2.45) is 0 Å². The molecule has 16 nitrogen and oxygen atoms in total. The summed E-state index contributed by atoms with van der Waals surface area (Å²) in [6, 6.07) is 11.8. The molecule has 7 aliphatic heterocycles. The molecule has 2 N–H and O–H groups in total. The van der Waals surface area contributed by atoms with E-state index in [4.69, 9.17) is 37.9 Å². The molecule has 7 heterocycles. The van der Waals surface area contributed by atoms with Crippen LogP contribution in [0.5, 0.6) is 46.0 Å². The molecule has 4 aromatic carbocycles. The number of hydrogen-bond acceptors (Lipinski definition) is 17. The number of rotatable bonds is 6. The molecule has 0 radical (unpaired) electrons. The number of thioether (sulfide) groups is 1. The molecule has 2 fully saturated rings. The van der Waals surface area contributed by atoms with Crippen molar-refractivity contribution >= 4 is 29.7 Å². The van der Waals surface area contributed by atoms with Gasteiger partial charge in [-0.3, -0.25) is 19.9 Å². The lowest BCUT2D eigenvalue weighted by Gasteiger charge is -2.62. The first-order valence-electron chi connectivity index (χ1n) is 21.4. The second kappa shape index (κ2) is 16.1. The van der Waals surface area contributed by atoms with Gasteiger partial charge in [-0.1, -0.05) is 6.07 Å². The highest BCUT2D eigenvalue weighted by Crippen LogP contribution is 2.64. The van der Waals surface area contributed by atoms with Gasteiger partial charge in [0.1, 0.15) is 24.1 Å². The Balaban J connectivity index is 1.16. The first-order valence-corrected chi connectivity index (χ1v) is 22.4. The number of carbonyl (C=O) groups excluding carboxylic acids is 3. The highest BCUT2D eigenvalue weighted by atomic mass is 32.2. The summed E-state index contributed by atoms with van der Waals surface area (Å²) in [5.74, 6) is 0.971. The summed E-state index contributed by atoms with van der Waals surface area (Å²) in [5.41, 5.74) is 4.42. The number of likely N-dealkylation sites (N-methyl/N-ethyl adjacent to an activating group) is 1. The number of hydrogen-bond donors (Lipinski definition) is 2. The van der Waals surface area contributed by atoms with Crippen molar-refractivity contribution < 1.29 is 57.4 Å². The van der Waals surface area contributed by atoms with Gasteiger partial charge in [0.25, 0.3) is 0 Å². The van der Waals surface area contributed by atoms with Gasteiger partial charge in [0.2, 0.25) is 6.79 Å². The lowest BCUT2D eigenvalue weighted by molar-refractivity contribution is -0.157. The number of benzene rings is 4. The van der Waals surface area contributed by atoms with Gasteiger partial charge in [0, 0.05) is 53.6 Å². The standard InChI is InChI=1S/C48H48N4O12S/c1-22-14-27-15-30-31(18-49)52-32-19-60-47(56)48(29-17-33(58-6)34(16-26(29)12-13-50-48)64-46(55)25-8-10-28(57-5)11-9-25)20-65-45(39(52)38(51(30)4)35(27)40(54)41(22)59-7)37-36(32)44-43(61-21-62-44)23(2)42(37)63-24(3)53/h8-11,14,16-17,30-32,38-39,45,50,54H,12-13,15,19-21H2,1-7H3/t30-,31-,32-,38+,39+,45+,48+/m0/s1. The van der Waals surface area contributed by atoms with E-state index >= 15 is 4.79 Å². The molecule has 2 saturated heterocycles. The molecular formula is C48H48N4O12S. The van der Waals surface area contributed by atoms with Crippen LogP contribution in [-0.4, -0.2) is 105 Å². The number of phenolic OH excluding ortho intramolecular Hbond substituents is 1. The van der Waals surface area contributed by atoms with Crippen molar-refractivity contribution in [1.82, 2.24) is 15.1 Å². The predicted molar refractivity (Wildman–Crippen MR) is 234 cm³/mol. The van der Waals surface area contributed by atoms with Gasteiger partial charge >= 0.3 is 17.9 Å². The quantitative estimate of drug-likeness (QED) is 0.182. The number of methoxy groups -OCH3 is 3. The molecule has 0 saturated carbocycles. The minimum absolute atomic E-state index is 0.0230. The maximum atomic E-state index is 15.1. The number of phenols is 1. The number of piperazine rings is 1. The lowest BCUT2D eigenvalue weighted by atomic mass is 9.71. The average Bonchev–Trinajstić information content (AvgIpc) is 3.79. The molecule has 0 amide bonds. The van der Waals surface area contributed by atoms with Gasteiger partial charge in [-0.2, -0.15) is 5.26 Å². The molecule has 338 valence electrons. The number of fused-ring (bicyclic) bond motifs is 9. The van der Waals surface area contributed by atoms with E-state index in [1.807, 2.05) is 27.0 Å². The molecule has 4 bridgehead atoms. The van der Waals surface area contributed by atoms with Crippen LogP contribution >= 0.6 is 11.8 Å². The summed E-state index contributed by atoms with van der Waals surface area (Å²) in [7, 11) is 6.52. The number of ether oxygens (including phenoxy) is 8. The number of esters is 3. The zero-order valence-corrected chi connectivity index (χ0v) is 37.8. The lowest BCUT2D eigenvalue weighted by Crippen LogP contribution is -2.69. The van der Waals surface area contributed by atoms with Crippen LogP contribution in [0, 0.1) is 25.2 Å². The Bertz CT molecular complexity index is 2720. The first-order chi connectivity index (χ1) is 31.3. The van der Waals surface area contributed by atoms with E-state index in [1.54, 1.807) is 43.5 Å². The number of nitriles is 1. The van der Waals surface area contributed by atoms with Crippen LogP contribution in [0.2, 0.25) is 0 Å². The minimum Gasteiger partial charge on any atom is -0.504 e. The summed E-state index contributed by atoms with van der Waals surface area (Å²) in [6.07, 6.45) is 0.957. The number of nitrogens with zero attached hydrogens (tertiary/aromatic N) is 3. The molecule has 11 rings (SSSR count). The average molecular weight is 905 g/mol. The highest BCUT2D eigenvalue weighted by Gasteiger charge is 2.62. The van der Waals surface area contributed by atoms with Crippen molar-refractivity contribution in [3.8, 4) is 52.1 Å². The topological polar surface area (TPSA) is 188 Å². The normalized spacial score (nSPS) is 26.1. The van der Waals surface area contributed by atoms with Crippen LogP contribution in [0.15, 0.2) is 42.5 Å². The van der Waals surface area contributed by atoms with Crippen molar-refractivity contribution in [3.05, 3.63) is 92.5 Å². The summed E-state index contributed by atoms with van der Waals surface area (Å²) in [4.78, 5) is 46.0. The largest absolute Gasteiger partial charge is 0.504 e. The smallest absolute Gasteiger partial charge is 0.343 e. The van der Waals surface area contributed by atoms with E-state index in [2.05, 4.69) is 21.2 Å². The van der Waals surface area contributed by atoms with Gasteiger partial charge in [-0.15, -0.1) is 11.8 Å². The van der Waals surface area contributed by atoms with Gasteiger partial charge < -0.3 is 43.0 Å². The van der Waals surface area contributed by atoms with Crippen LogP contribution in [0.4, 0.5) is 0 Å². The Hall–Kier alpha value is -6.19. The Morgan fingerprint density at radius 3 is 2.42 bits per heavy atom. The molecule has 17 heteroatoms. The van der Waals surface area contributed by atoms with Crippen LogP contribution in [-0.2, 0) is 32.7 Å². The van der Waals surface area contributed by atoms with Crippen molar-refractivity contribution in [2.75, 3.05) is 54.1 Å². The van der Waals surface area contributed by atoms with Crippen LogP contribution in [0.25, 0.3) is 0 Å². The van der Waals surface area contributed by atoms with E-state index in [0.29, 0.717) is 81.5 Å². The van der Waals surface area contributed by atoms with Crippen LogP contribution in [0.3, 0.4) is 0 Å². The summed E-state index contributed by atoms with van der Waals surface area (Å²) >= 11 is 1.46. The fraction of sp³-hybridized carbons (Fsp3) is 0.417. The molecule has 0 unspecified atom stereocenters. The van der Waals surface area contributed by atoms with E-state index in [0.717, 1.165) is 16.7 Å². The van der Waals surface area contributed by atoms with E-state index in [1.165, 1.54) is 32.9 Å². The van der Waals surface area contributed by atoms with Crippen LogP contribution in [0.1, 0.15) is 79.1 Å². The molecule has 4 aromatic rings. The highest BCUT2D eigenvalue weighted by molar-refractivity contribution is 7.99. The summed E-state index contributed by atoms with van der Waals surface area (Å²) in [5, 5.41) is 26.3.